The molecule has 9 heteroatoms. The summed E-state index contributed by atoms with van der Waals surface area (Å²) in [6.07, 6.45) is 4.86. The predicted molar refractivity (Wildman–Crippen MR) is 80.7 cm³/mol. The fourth-order valence-electron chi connectivity index (χ4n) is 1.13. The summed E-state index contributed by atoms with van der Waals surface area (Å²) < 4.78 is 0.545. The van der Waals surface area contributed by atoms with Gasteiger partial charge in [0.15, 0.2) is 4.32 Å². The second-order valence-electron chi connectivity index (χ2n) is 3.18. The molecular weight excluding hydrogens is 353 g/mol. The van der Waals surface area contributed by atoms with Gasteiger partial charge >= 0.3 is 25.0 Å². The van der Waals surface area contributed by atoms with E-state index in [0.29, 0.717) is 21.1 Å². The van der Waals surface area contributed by atoms with E-state index in [1.165, 1.54) is 18.0 Å². The number of halogens is 1. The third kappa shape index (κ3) is 6.06. The molecule has 0 fully saturated rings. The first-order chi connectivity index (χ1) is 9.10. The van der Waals surface area contributed by atoms with Gasteiger partial charge in [0, 0.05) is 11.8 Å². The summed E-state index contributed by atoms with van der Waals surface area (Å²) >= 11 is 9.33. The fraction of sp³-hybridized carbons (Fsp3) is 0.300. The van der Waals surface area contributed by atoms with Crippen LogP contribution in [-0.2, 0) is 21.4 Å². The Hall–Kier alpha value is -0.384. The molecule has 0 saturated carbocycles. The molecule has 107 valence electrons. The minimum absolute atomic E-state index is 0.173. The summed E-state index contributed by atoms with van der Waals surface area (Å²) in [5.74, 6) is 0.261. The summed E-state index contributed by atoms with van der Waals surface area (Å²) in [5, 5.41) is 20.9. The van der Waals surface area contributed by atoms with Gasteiger partial charge in [-0.25, -0.2) is 0 Å². The van der Waals surface area contributed by atoms with Crippen molar-refractivity contribution in [2.45, 2.75) is 13.5 Å². The number of aromatic nitrogens is 1. The molecule has 1 aromatic heterocycles. The van der Waals surface area contributed by atoms with Crippen molar-refractivity contribution >= 4 is 44.7 Å². The van der Waals surface area contributed by atoms with Crippen molar-refractivity contribution < 1.29 is 25.0 Å². The molecule has 1 rings (SSSR count). The molecule has 0 radical (unpaired) electrons. The topological polar surface area (TPSA) is 80.4 Å². The first kappa shape index (κ1) is 18.6. The van der Waals surface area contributed by atoms with Crippen LogP contribution in [0.4, 0.5) is 0 Å². The number of hydrogen-bond acceptors (Lipinski definition) is 5. The van der Waals surface area contributed by atoms with E-state index in [4.69, 9.17) is 22.4 Å². The van der Waals surface area contributed by atoms with Crippen LogP contribution in [0.15, 0.2) is 11.3 Å². The molecule has 4 N–H and O–H groups in total. The summed E-state index contributed by atoms with van der Waals surface area (Å²) in [6, 6.07) is 0. The Morgan fingerprint density at radius 3 is 2.89 bits per heavy atom. The van der Waals surface area contributed by atoms with E-state index in [9.17, 15) is 0 Å². The zero-order chi connectivity index (χ0) is 14.8. The van der Waals surface area contributed by atoms with Gasteiger partial charge in [-0.3, -0.25) is 10.4 Å². The Bertz CT molecular complexity index is 461. The number of aryl methyl sites for hydroxylation is 1. The number of aliphatic hydroxyl groups is 1. The Labute approximate surface area is 133 Å². The van der Waals surface area contributed by atoms with Crippen molar-refractivity contribution in [3.8, 4) is 5.75 Å². The summed E-state index contributed by atoms with van der Waals surface area (Å²) in [5.41, 5.74) is 4.37. The van der Waals surface area contributed by atoms with Crippen molar-refractivity contribution in [1.82, 2.24) is 10.4 Å². The van der Waals surface area contributed by atoms with Gasteiger partial charge < -0.3 is 10.2 Å². The molecule has 0 aliphatic heterocycles. The van der Waals surface area contributed by atoms with E-state index in [0.717, 1.165) is 0 Å². The molecule has 0 unspecified atom stereocenters. The molecule has 1 heterocycles. The number of rotatable bonds is 3. The van der Waals surface area contributed by atoms with Crippen molar-refractivity contribution in [2.75, 3.05) is 6.26 Å². The molecule has 0 amide bonds. The number of hydrogen-bond donors (Lipinski definition) is 2. The molecule has 0 saturated heterocycles. The zero-order valence-corrected chi connectivity index (χ0v) is 13.7. The Balaban J connectivity index is 0.00000154. The number of aliphatic hydroxyl groups excluding tert-OH is 1. The normalized spacial score (nSPS) is 9.95. The number of pyridine rings is 1. The monoisotopic (exact) mass is 366 g/mol. The summed E-state index contributed by atoms with van der Waals surface area (Å²) in [6.45, 7) is 1.56. The van der Waals surface area contributed by atoms with E-state index < -0.39 is 0 Å². The van der Waals surface area contributed by atoms with E-state index in [-0.39, 0.29) is 12.4 Å². The van der Waals surface area contributed by atoms with Crippen LogP contribution in [0.3, 0.4) is 0 Å². The fourth-order valence-corrected chi connectivity index (χ4v) is 1.33. The number of nitrogens with zero attached hydrogens (tertiary/aromatic N) is 2. The van der Waals surface area contributed by atoms with E-state index in [1.807, 2.05) is 6.26 Å². The molecule has 0 aliphatic rings. The molecular formula is C10H14ClCoN3O2S2+2. The maximum absolute atomic E-state index is 9.15. The van der Waals surface area contributed by atoms with E-state index >= 15 is 0 Å². The molecule has 0 spiro atoms. The molecule has 19 heavy (non-hydrogen) atoms. The van der Waals surface area contributed by atoms with Crippen LogP contribution in [0.5, 0.6) is 5.75 Å². The van der Waals surface area contributed by atoms with Gasteiger partial charge in [-0.2, -0.15) is 5.10 Å². The van der Waals surface area contributed by atoms with Gasteiger partial charge in [0.05, 0.1) is 18.4 Å². The maximum atomic E-state index is 9.15. The van der Waals surface area contributed by atoms with Crippen LogP contribution >= 0.6 is 34.1 Å². The Morgan fingerprint density at radius 1 is 1.74 bits per heavy atom. The second-order valence-corrected chi connectivity index (χ2v) is 4.66. The molecule has 5 nitrogen and oxygen atoms in total. The molecule has 0 aromatic carbocycles. The van der Waals surface area contributed by atoms with E-state index in [1.54, 1.807) is 13.1 Å². The third-order valence-corrected chi connectivity index (χ3v) is 3.15. The quantitative estimate of drug-likeness (QED) is 0.367. The van der Waals surface area contributed by atoms with Gasteiger partial charge in [0.2, 0.25) is 0 Å². The number of nitrogens with one attached hydrogen (secondary N) is 1. The van der Waals surface area contributed by atoms with Crippen LogP contribution in [0, 0.1) is 6.92 Å². The average Bonchev–Trinajstić information content (AvgIpc) is 2.45. The van der Waals surface area contributed by atoms with Crippen LogP contribution in [0.1, 0.15) is 16.8 Å². The summed E-state index contributed by atoms with van der Waals surface area (Å²) in [7, 11) is 4.33. The predicted octanol–water partition coefficient (Wildman–Crippen LogP) is 1.58. The number of thioether (sulfide) groups is 1. The first-order valence-corrected chi connectivity index (χ1v) is 7.97. The van der Waals surface area contributed by atoms with Crippen LogP contribution < -0.4 is 5.43 Å². The molecule has 0 atom stereocenters. The van der Waals surface area contributed by atoms with Crippen molar-refractivity contribution in [1.29, 1.82) is 0 Å². The number of hydrazone groups is 1. The van der Waals surface area contributed by atoms with Gasteiger partial charge in [0.25, 0.3) is 5.75 Å². The second kappa shape index (κ2) is 10.4. The third-order valence-electron chi connectivity index (χ3n) is 2.10. The molecule has 0 aliphatic carbocycles. The van der Waals surface area contributed by atoms with Crippen molar-refractivity contribution in [3.63, 3.8) is 0 Å². The van der Waals surface area contributed by atoms with Crippen LogP contribution in [-0.4, -0.2) is 32.0 Å². The summed E-state index contributed by atoms with van der Waals surface area (Å²) in [4.78, 5) is 4.01. The van der Waals surface area contributed by atoms with Crippen molar-refractivity contribution in [3.05, 3.63) is 23.0 Å². The van der Waals surface area contributed by atoms with Gasteiger partial charge in [-0.15, -0.1) is 0 Å². The van der Waals surface area contributed by atoms with E-state index in [2.05, 4.69) is 40.5 Å². The SMILES string of the molecule is CSC(=S)NN=Cc1c(CO)cnc(C)c1[OH2+].[Cl][Co+]. The van der Waals surface area contributed by atoms with Crippen LogP contribution in [0.2, 0.25) is 0 Å². The Kier molecular flexibility index (Phi) is 10.2. The molecule has 0 bridgehead atoms. The Morgan fingerprint density at radius 2 is 2.37 bits per heavy atom. The van der Waals surface area contributed by atoms with Gasteiger partial charge in [0.1, 0.15) is 5.69 Å². The van der Waals surface area contributed by atoms with Crippen molar-refractivity contribution in [2.24, 2.45) is 5.10 Å². The zero-order valence-electron chi connectivity index (χ0n) is 10.2. The first-order valence-electron chi connectivity index (χ1n) is 4.90. The minimum atomic E-state index is -0.173. The average molecular weight is 367 g/mol. The van der Waals surface area contributed by atoms with Crippen LogP contribution in [0.25, 0.3) is 0 Å². The molecule has 1 aromatic rings. The number of thiocarbonyl (C=S) groups is 1. The van der Waals surface area contributed by atoms with Gasteiger partial charge in [-0.05, 0) is 13.2 Å². The van der Waals surface area contributed by atoms with Gasteiger partial charge in [-0.1, -0.05) is 24.0 Å². The standard InChI is InChI=1S/C10H13N3O2S2.ClH.Co/c1-6-9(15)8(7(5-14)3-11-6)4-12-13-10(16)17-2;;/h3-4,14-15H,5H2,1-2H3,(H,13,16);1H;/q;;+2.